The van der Waals surface area contributed by atoms with E-state index in [1.165, 1.54) is 14.2 Å². The van der Waals surface area contributed by atoms with Gasteiger partial charge in [-0.05, 0) is 34.9 Å². The standard InChI is InChI=1S/C18H16O5/c1-22-15-8-7-12(17(23-2)16(15)18(20)21)13-9-14(19)11-6-4-3-5-10(11)13/h3-9,14,19H,1-2H3,(H,20,21). The Balaban J connectivity index is 2.24. The number of ether oxygens (including phenoxy) is 2. The number of aliphatic hydroxyl groups excluding tert-OH is 1. The number of carbonyl (C=O) groups is 1. The molecule has 1 aliphatic rings. The molecule has 0 saturated carbocycles. The van der Waals surface area contributed by atoms with Gasteiger partial charge in [-0.2, -0.15) is 0 Å². The molecule has 0 fully saturated rings. The number of fused-ring (bicyclic) bond motifs is 1. The maximum atomic E-state index is 11.6. The monoisotopic (exact) mass is 312 g/mol. The predicted octanol–water partition coefficient (Wildman–Crippen LogP) is 2.88. The van der Waals surface area contributed by atoms with E-state index in [-0.39, 0.29) is 17.1 Å². The summed E-state index contributed by atoms with van der Waals surface area (Å²) in [5.41, 5.74) is 2.97. The number of carboxylic acids is 1. The minimum atomic E-state index is -1.13. The molecule has 23 heavy (non-hydrogen) atoms. The van der Waals surface area contributed by atoms with Crippen molar-refractivity contribution >= 4 is 11.5 Å². The summed E-state index contributed by atoms with van der Waals surface area (Å²) in [6.07, 6.45) is 0.974. The molecule has 0 radical (unpaired) electrons. The van der Waals surface area contributed by atoms with Crippen LogP contribution in [0.1, 0.15) is 33.2 Å². The minimum Gasteiger partial charge on any atom is -0.496 e. The molecule has 2 aromatic carbocycles. The summed E-state index contributed by atoms with van der Waals surface area (Å²) < 4.78 is 10.5. The molecular weight excluding hydrogens is 296 g/mol. The van der Waals surface area contributed by atoms with E-state index in [1.807, 2.05) is 24.3 Å². The van der Waals surface area contributed by atoms with Gasteiger partial charge in [0.2, 0.25) is 0 Å². The minimum absolute atomic E-state index is 0.0349. The van der Waals surface area contributed by atoms with Crippen LogP contribution in [0.2, 0.25) is 0 Å². The topological polar surface area (TPSA) is 76.0 Å². The van der Waals surface area contributed by atoms with Crippen LogP contribution in [0.25, 0.3) is 5.57 Å². The van der Waals surface area contributed by atoms with Crippen LogP contribution in [0, 0.1) is 0 Å². The Morgan fingerprint density at radius 1 is 1.04 bits per heavy atom. The molecule has 0 saturated heterocycles. The van der Waals surface area contributed by atoms with Crippen LogP contribution in [-0.2, 0) is 0 Å². The molecule has 118 valence electrons. The second-order valence-electron chi connectivity index (χ2n) is 5.14. The maximum absolute atomic E-state index is 11.6. The Morgan fingerprint density at radius 3 is 2.43 bits per heavy atom. The van der Waals surface area contributed by atoms with Gasteiger partial charge in [0, 0.05) is 5.56 Å². The summed E-state index contributed by atoms with van der Waals surface area (Å²) in [5.74, 6) is -0.689. The van der Waals surface area contributed by atoms with E-state index in [2.05, 4.69) is 0 Å². The SMILES string of the molecule is COc1ccc(C2=CC(O)c3ccccc32)c(OC)c1C(=O)O. The van der Waals surface area contributed by atoms with E-state index in [9.17, 15) is 15.0 Å². The Kier molecular flexibility index (Phi) is 3.80. The molecule has 0 heterocycles. The van der Waals surface area contributed by atoms with Gasteiger partial charge in [-0.15, -0.1) is 0 Å². The fraction of sp³-hybridized carbons (Fsp3) is 0.167. The molecule has 0 aromatic heterocycles. The molecule has 0 amide bonds. The van der Waals surface area contributed by atoms with Crippen molar-refractivity contribution in [2.24, 2.45) is 0 Å². The smallest absolute Gasteiger partial charge is 0.343 e. The Labute approximate surface area is 133 Å². The van der Waals surface area contributed by atoms with E-state index in [0.717, 1.165) is 16.7 Å². The lowest BCUT2D eigenvalue weighted by Gasteiger charge is -2.16. The molecule has 3 rings (SSSR count). The summed E-state index contributed by atoms with van der Waals surface area (Å²) in [6, 6.07) is 10.8. The molecule has 0 spiro atoms. The van der Waals surface area contributed by atoms with Gasteiger partial charge < -0.3 is 19.7 Å². The first kappa shape index (κ1) is 15.1. The highest BCUT2D eigenvalue weighted by molar-refractivity contribution is 5.98. The second-order valence-corrected chi connectivity index (χ2v) is 5.14. The van der Waals surface area contributed by atoms with Gasteiger partial charge in [-0.25, -0.2) is 4.79 Å². The summed E-state index contributed by atoms with van der Waals surface area (Å²) in [6.45, 7) is 0. The predicted molar refractivity (Wildman–Crippen MR) is 85.0 cm³/mol. The van der Waals surface area contributed by atoms with Crippen LogP contribution in [0.5, 0.6) is 11.5 Å². The maximum Gasteiger partial charge on any atom is 0.343 e. The number of benzene rings is 2. The normalized spacial score (nSPS) is 15.8. The Morgan fingerprint density at radius 2 is 1.78 bits per heavy atom. The van der Waals surface area contributed by atoms with Crippen LogP contribution in [0.4, 0.5) is 0 Å². The van der Waals surface area contributed by atoms with Crippen molar-refractivity contribution in [2.45, 2.75) is 6.10 Å². The van der Waals surface area contributed by atoms with Gasteiger partial charge in [-0.3, -0.25) is 0 Å². The Hall–Kier alpha value is -2.79. The molecule has 0 aliphatic heterocycles. The first-order chi connectivity index (χ1) is 11.1. The van der Waals surface area contributed by atoms with Gasteiger partial charge in [0.05, 0.1) is 20.3 Å². The zero-order valence-corrected chi connectivity index (χ0v) is 12.7. The molecule has 1 unspecified atom stereocenters. The average Bonchev–Trinajstić information content (AvgIpc) is 2.90. The molecule has 2 N–H and O–H groups in total. The van der Waals surface area contributed by atoms with Crippen molar-refractivity contribution < 1.29 is 24.5 Å². The molecule has 2 aromatic rings. The molecule has 0 bridgehead atoms. The summed E-state index contributed by atoms with van der Waals surface area (Å²) in [5, 5.41) is 19.7. The lowest BCUT2D eigenvalue weighted by molar-refractivity contribution is 0.0689. The van der Waals surface area contributed by atoms with Crippen molar-refractivity contribution in [1.82, 2.24) is 0 Å². The first-order valence-electron chi connectivity index (χ1n) is 7.06. The van der Waals surface area contributed by atoms with Crippen LogP contribution in [-0.4, -0.2) is 30.4 Å². The first-order valence-corrected chi connectivity index (χ1v) is 7.06. The zero-order chi connectivity index (χ0) is 16.6. The number of hydrogen-bond acceptors (Lipinski definition) is 4. The van der Waals surface area contributed by atoms with Crippen molar-refractivity contribution in [2.75, 3.05) is 14.2 Å². The third kappa shape index (κ3) is 2.35. The highest BCUT2D eigenvalue weighted by atomic mass is 16.5. The Bertz CT molecular complexity index is 807. The van der Waals surface area contributed by atoms with E-state index in [0.29, 0.717) is 5.56 Å². The third-order valence-electron chi connectivity index (χ3n) is 3.94. The quantitative estimate of drug-likeness (QED) is 0.908. The van der Waals surface area contributed by atoms with Gasteiger partial charge in [0.15, 0.2) is 0 Å². The number of aliphatic hydroxyl groups is 1. The van der Waals surface area contributed by atoms with Gasteiger partial charge >= 0.3 is 5.97 Å². The zero-order valence-electron chi connectivity index (χ0n) is 12.7. The van der Waals surface area contributed by atoms with Crippen LogP contribution in [0.3, 0.4) is 0 Å². The van der Waals surface area contributed by atoms with E-state index >= 15 is 0 Å². The van der Waals surface area contributed by atoms with Gasteiger partial charge in [-0.1, -0.05) is 24.3 Å². The van der Waals surface area contributed by atoms with Crippen LogP contribution in [0.15, 0.2) is 42.5 Å². The van der Waals surface area contributed by atoms with Crippen molar-refractivity contribution in [3.8, 4) is 11.5 Å². The highest BCUT2D eigenvalue weighted by Crippen LogP contribution is 2.44. The number of carboxylic acid groups (broad SMARTS) is 1. The van der Waals surface area contributed by atoms with Crippen molar-refractivity contribution in [3.05, 3.63) is 64.7 Å². The number of hydrogen-bond donors (Lipinski definition) is 2. The number of methoxy groups -OCH3 is 2. The highest BCUT2D eigenvalue weighted by Gasteiger charge is 2.28. The molecular formula is C18H16O5. The van der Waals surface area contributed by atoms with E-state index < -0.39 is 12.1 Å². The summed E-state index contributed by atoms with van der Waals surface area (Å²) >= 11 is 0. The fourth-order valence-electron chi connectivity index (χ4n) is 2.93. The molecule has 1 atom stereocenters. The van der Waals surface area contributed by atoms with Crippen LogP contribution < -0.4 is 9.47 Å². The third-order valence-corrected chi connectivity index (χ3v) is 3.94. The fourth-order valence-corrected chi connectivity index (χ4v) is 2.93. The lowest BCUT2D eigenvalue weighted by Crippen LogP contribution is -2.06. The van der Waals surface area contributed by atoms with E-state index in [1.54, 1.807) is 18.2 Å². The van der Waals surface area contributed by atoms with E-state index in [4.69, 9.17) is 9.47 Å². The summed E-state index contributed by atoms with van der Waals surface area (Å²) in [4.78, 5) is 11.6. The van der Waals surface area contributed by atoms with Crippen LogP contribution >= 0.6 is 0 Å². The molecule has 5 nitrogen and oxygen atoms in total. The largest absolute Gasteiger partial charge is 0.496 e. The van der Waals surface area contributed by atoms with Gasteiger partial charge in [0.1, 0.15) is 17.1 Å². The molecule has 5 heteroatoms. The van der Waals surface area contributed by atoms with Crippen molar-refractivity contribution in [1.29, 1.82) is 0 Å². The lowest BCUT2D eigenvalue weighted by atomic mass is 9.96. The number of aromatic carboxylic acids is 1. The number of rotatable bonds is 4. The average molecular weight is 312 g/mol. The second kappa shape index (κ2) is 5.78. The summed E-state index contributed by atoms with van der Waals surface area (Å²) in [7, 11) is 2.83. The van der Waals surface area contributed by atoms with Crippen molar-refractivity contribution in [3.63, 3.8) is 0 Å². The van der Waals surface area contributed by atoms with Gasteiger partial charge in [0.25, 0.3) is 0 Å². The molecule has 1 aliphatic carbocycles.